The maximum absolute atomic E-state index is 12.6. The van der Waals surface area contributed by atoms with Gasteiger partial charge in [0.2, 0.25) is 5.91 Å². The van der Waals surface area contributed by atoms with Gasteiger partial charge in [0, 0.05) is 12.5 Å². The molecule has 3 unspecified atom stereocenters. The number of aliphatic hydroxyl groups excluding tert-OH is 1. The SMILES string of the molecule is CCC(C)[C@H](NC(=O)C1CCCC(CO)C1)C(=O)OC(C)(C)C. The lowest BCUT2D eigenvalue weighted by atomic mass is 9.81. The van der Waals surface area contributed by atoms with E-state index >= 15 is 0 Å². The summed E-state index contributed by atoms with van der Waals surface area (Å²) in [5, 5.41) is 12.2. The first kappa shape index (κ1) is 19.9. The zero-order valence-corrected chi connectivity index (χ0v) is 15.2. The largest absolute Gasteiger partial charge is 0.458 e. The second-order valence-electron chi connectivity index (χ2n) is 7.82. The molecule has 0 bridgehead atoms. The van der Waals surface area contributed by atoms with Crippen molar-refractivity contribution in [2.24, 2.45) is 17.8 Å². The minimum absolute atomic E-state index is 0.0195. The average Bonchev–Trinajstić information content (AvgIpc) is 2.49. The van der Waals surface area contributed by atoms with Gasteiger partial charge in [-0.2, -0.15) is 0 Å². The molecule has 5 nitrogen and oxygen atoms in total. The molecular formula is C18H33NO4. The highest BCUT2D eigenvalue weighted by molar-refractivity contribution is 5.86. The Hall–Kier alpha value is -1.10. The van der Waals surface area contributed by atoms with Crippen LogP contribution in [0.3, 0.4) is 0 Å². The molecule has 134 valence electrons. The molecule has 1 aliphatic carbocycles. The summed E-state index contributed by atoms with van der Waals surface area (Å²) in [6.45, 7) is 9.56. The molecule has 1 amide bonds. The minimum Gasteiger partial charge on any atom is -0.458 e. The molecule has 0 spiro atoms. The van der Waals surface area contributed by atoms with Crippen molar-refractivity contribution < 1.29 is 19.4 Å². The highest BCUT2D eigenvalue weighted by Gasteiger charge is 2.34. The van der Waals surface area contributed by atoms with Gasteiger partial charge in [0.1, 0.15) is 11.6 Å². The monoisotopic (exact) mass is 327 g/mol. The molecule has 0 aromatic heterocycles. The van der Waals surface area contributed by atoms with Crippen LogP contribution in [-0.2, 0) is 14.3 Å². The normalized spacial score (nSPS) is 24.6. The number of hydrogen-bond donors (Lipinski definition) is 2. The molecule has 0 aliphatic heterocycles. The van der Waals surface area contributed by atoms with Crippen molar-refractivity contribution in [1.82, 2.24) is 5.32 Å². The van der Waals surface area contributed by atoms with Crippen LogP contribution in [0.5, 0.6) is 0 Å². The summed E-state index contributed by atoms with van der Waals surface area (Å²) >= 11 is 0. The second kappa shape index (κ2) is 8.67. The van der Waals surface area contributed by atoms with E-state index in [0.717, 1.165) is 25.7 Å². The number of rotatable bonds is 6. The third-order valence-corrected chi connectivity index (χ3v) is 4.58. The Balaban J connectivity index is 2.72. The average molecular weight is 327 g/mol. The molecule has 0 saturated heterocycles. The molecule has 0 radical (unpaired) electrons. The van der Waals surface area contributed by atoms with Crippen molar-refractivity contribution in [2.45, 2.75) is 78.4 Å². The summed E-state index contributed by atoms with van der Waals surface area (Å²) in [4.78, 5) is 25.0. The zero-order chi connectivity index (χ0) is 17.6. The predicted octanol–water partition coefficient (Wildman–Crippen LogP) is 2.66. The van der Waals surface area contributed by atoms with Gasteiger partial charge in [0.25, 0.3) is 0 Å². The smallest absolute Gasteiger partial charge is 0.329 e. The second-order valence-corrected chi connectivity index (χ2v) is 7.82. The summed E-state index contributed by atoms with van der Waals surface area (Å²) in [5.74, 6) is -0.349. The summed E-state index contributed by atoms with van der Waals surface area (Å²) in [6, 6.07) is -0.610. The van der Waals surface area contributed by atoms with Crippen LogP contribution < -0.4 is 5.32 Å². The first-order valence-corrected chi connectivity index (χ1v) is 8.82. The molecule has 0 heterocycles. The van der Waals surface area contributed by atoms with Crippen LogP contribution >= 0.6 is 0 Å². The summed E-state index contributed by atoms with van der Waals surface area (Å²) in [7, 11) is 0. The van der Waals surface area contributed by atoms with Gasteiger partial charge in [-0.1, -0.05) is 26.7 Å². The molecule has 1 aliphatic rings. The topological polar surface area (TPSA) is 75.6 Å². The van der Waals surface area contributed by atoms with E-state index < -0.39 is 11.6 Å². The molecule has 2 N–H and O–H groups in total. The number of carbonyl (C=O) groups excluding carboxylic acids is 2. The Morgan fingerprint density at radius 3 is 2.48 bits per heavy atom. The Labute approximate surface area is 140 Å². The molecule has 1 rings (SSSR count). The summed E-state index contributed by atoms with van der Waals surface area (Å²) < 4.78 is 5.46. The van der Waals surface area contributed by atoms with Crippen LogP contribution in [0.15, 0.2) is 0 Å². The van der Waals surface area contributed by atoms with E-state index in [-0.39, 0.29) is 36.2 Å². The third kappa shape index (κ3) is 6.50. The number of nitrogens with one attached hydrogen (secondary N) is 1. The van der Waals surface area contributed by atoms with Crippen molar-refractivity contribution in [1.29, 1.82) is 0 Å². The molecule has 0 aromatic rings. The van der Waals surface area contributed by atoms with Gasteiger partial charge < -0.3 is 15.2 Å². The fourth-order valence-electron chi connectivity index (χ4n) is 3.00. The highest BCUT2D eigenvalue weighted by atomic mass is 16.6. The maximum Gasteiger partial charge on any atom is 0.329 e. The van der Waals surface area contributed by atoms with Crippen LogP contribution in [0.1, 0.15) is 66.7 Å². The van der Waals surface area contributed by atoms with E-state index in [1.165, 1.54) is 0 Å². The Morgan fingerprint density at radius 1 is 1.30 bits per heavy atom. The van der Waals surface area contributed by atoms with E-state index in [4.69, 9.17) is 4.74 Å². The van der Waals surface area contributed by atoms with Crippen molar-refractivity contribution in [2.75, 3.05) is 6.61 Å². The maximum atomic E-state index is 12.6. The van der Waals surface area contributed by atoms with Gasteiger partial charge >= 0.3 is 5.97 Å². The van der Waals surface area contributed by atoms with Crippen molar-refractivity contribution in [3.8, 4) is 0 Å². The lowest BCUT2D eigenvalue weighted by Gasteiger charge is -2.31. The summed E-state index contributed by atoms with van der Waals surface area (Å²) in [5.41, 5.74) is -0.569. The molecule has 5 heteroatoms. The quantitative estimate of drug-likeness (QED) is 0.735. The Bertz CT molecular complexity index is 402. The number of ether oxygens (including phenoxy) is 1. The minimum atomic E-state index is -0.610. The van der Waals surface area contributed by atoms with E-state index in [1.54, 1.807) is 0 Å². The fourth-order valence-corrected chi connectivity index (χ4v) is 3.00. The first-order chi connectivity index (χ1) is 10.7. The highest BCUT2D eigenvalue weighted by Crippen LogP contribution is 2.29. The Kier molecular flexibility index (Phi) is 7.52. The standard InChI is InChI=1S/C18H33NO4/c1-6-12(2)15(17(22)23-18(3,4)5)19-16(21)14-9-7-8-13(10-14)11-20/h12-15,20H,6-11H2,1-5H3,(H,19,21)/t12?,13?,14?,15-/m0/s1. The van der Waals surface area contributed by atoms with E-state index in [1.807, 2.05) is 34.6 Å². The summed E-state index contributed by atoms with van der Waals surface area (Å²) in [6.07, 6.45) is 4.23. The number of aliphatic hydroxyl groups is 1. The number of hydrogen-bond acceptors (Lipinski definition) is 4. The fraction of sp³-hybridized carbons (Fsp3) is 0.889. The Morgan fingerprint density at radius 2 is 1.96 bits per heavy atom. The van der Waals surface area contributed by atoms with E-state index in [0.29, 0.717) is 6.42 Å². The van der Waals surface area contributed by atoms with Gasteiger partial charge in [-0.05, 0) is 51.9 Å². The first-order valence-electron chi connectivity index (χ1n) is 8.82. The lowest BCUT2D eigenvalue weighted by molar-refractivity contribution is -0.160. The number of esters is 1. The van der Waals surface area contributed by atoms with Crippen LogP contribution in [-0.4, -0.2) is 35.2 Å². The van der Waals surface area contributed by atoms with E-state index in [9.17, 15) is 14.7 Å². The van der Waals surface area contributed by atoms with Crippen molar-refractivity contribution in [3.63, 3.8) is 0 Å². The van der Waals surface area contributed by atoms with Gasteiger partial charge in [0.15, 0.2) is 0 Å². The van der Waals surface area contributed by atoms with Crippen LogP contribution in [0.2, 0.25) is 0 Å². The van der Waals surface area contributed by atoms with Crippen molar-refractivity contribution >= 4 is 11.9 Å². The number of amides is 1. The zero-order valence-electron chi connectivity index (χ0n) is 15.2. The van der Waals surface area contributed by atoms with Crippen LogP contribution in [0.25, 0.3) is 0 Å². The van der Waals surface area contributed by atoms with Crippen LogP contribution in [0.4, 0.5) is 0 Å². The molecule has 1 fully saturated rings. The molecule has 1 saturated carbocycles. The van der Waals surface area contributed by atoms with Gasteiger partial charge in [-0.25, -0.2) is 4.79 Å². The molecule has 0 aromatic carbocycles. The lowest BCUT2D eigenvalue weighted by Crippen LogP contribution is -2.50. The molecular weight excluding hydrogens is 294 g/mol. The number of carbonyl (C=O) groups is 2. The predicted molar refractivity (Wildman–Crippen MR) is 89.8 cm³/mol. The van der Waals surface area contributed by atoms with Gasteiger partial charge in [-0.3, -0.25) is 4.79 Å². The third-order valence-electron chi connectivity index (χ3n) is 4.58. The van der Waals surface area contributed by atoms with Crippen LogP contribution in [0, 0.1) is 17.8 Å². The molecule has 4 atom stereocenters. The van der Waals surface area contributed by atoms with Crippen molar-refractivity contribution in [3.05, 3.63) is 0 Å². The van der Waals surface area contributed by atoms with Gasteiger partial charge in [-0.15, -0.1) is 0 Å². The van der Waals surface area contributed by atoms with E-state index in [2.05, 4.69) is 5.32 Å². The van der Waals surface area contributed by atoms with Gasteiger partial charge in [0.05, 0.1) is 0 Å². The molecule has 23 heavy (non-hydrogen) atoms.